The second-order valence-electron chi connectivity index (χ2n) is 5.11. The van der Waals surface area contributed by atoms with Gasteiger partial charge in [-0.3, -0.25) is 0 Å². The van der Waals surface area contributed by atoms with Gasteiger partial charge in [-0.2, -0.15) is 0 Å². The molecule has 1 aliphatic rings. The highest BCUT2D eigenvalue weighted by Gasteiger charge is 2.28. The van der Waals surface area contributed by atoms with Gasteiger partial charge >= 0.3 is 0 Å². The van der Waals surface area contributed by atoms with Crippen molar-refractivity contribution in [3.63, 3.8) is 0 Å². The van der Waals surface area contributed by atoms with Gasteiger partial charge in [-0.25, -0.2) is 0 Å². The average Bonchev–Trinajstić information content (AvgIpc) is 2.60. The van der Waals surface area contributed by atoms with E-state index in [0.717, 1.165) is 37.4 Å². The lowest BCUT2D eigenvalue weighted by molar-refractivity contribution is -0.0631. The van der Waals surface area contributed by atoms with Crippen molar-refractivity contribution in [3.8, 4) is 0 Å². The molecule has 16 heavy (non-hydrogen) atoms. The molecule has 0 aliphatic carbocycles. The largest absolute Gasteiger partial charge is 0.375 e. The zero-order valence-electron chi connectivity index (χ0n) is 10.2. The molecule has 0 bridgehead atoms. The molecule has 0 aromatic carbocycles. The van der Waals surface area contributed by atoms with Crippen LogP contribution in [0, 0.1) is 6.92 Å². The number of rotatable bonds is 3. The van der Waals surface area contributed by atoms with Gasteiger partial charge in [-0.05, 0) is 33.6 Å². The highest BCUT2D eigenvalue weighted by atomic mass is 16.5. The molecule has 2 rings (SSSR count). The van der Waals surface area contributed by atoms with Crippen LogP contribution in [0.1, 0.15) is 38.1 Å². The molecule has 1 saturated heterocycles. The Kier molecular flexibility index (Phi) is 3.30. The van der Waals surface area contributed by atoms with Crippen molar-refractivity contribution in [1.82, 2.24) is 10.5 Å². The topological polar surface area (TPSA) is 47.3 Å². The van der Waals surface area contributed by atoms with Crippen LogP contribution in [0.15, 0.2) is 10.6 Å². The molecule has 1 aliphatic heterocycles. The van der Waals surface area contributed by atoms with Crippen molar-refractivity contribution < 1.29 is 9.26 Å². The summed E-state index contributed by atoms with van der Waals surface area (Å²) in [4.78, 5) is 0. The summed E-state index contributed by atoms with van der Waals surface area (Å²) in [6, 6.07) is 2.48. The molecule has 4 heteroatoms. The van der Waals surface area contributed by atoms with E-state index < -0.39 is 0 Å². The molecule has 1 fully saturated rings. The Morgan fingerprint density at radius 3 is 3.00 bits per heavy atom. The van der Waals surface area contributed by atoms with Crippen LogP contribution in [-0.2, 0) is 11.3 Å². The smallest absolute Gasteiger partial charge is 0.133 e. The molecule has 0 spiro atoms. The van der Waals surface area contributed by atoms with Crippen molar-refractivity contribution in [2.24, 2.45) is 0 Å². The van der Waals surface area contributed by atoms with Crippen molar-refractivity contribution in [2.45, 2.75) is 51.8 Å². The molecule has 0 amide bonds. The number of nitrogens with zero attached hydrogens (tertiary/aromatic N) is 1. The van der Waals surface area contributed by atoms with Crippen LogP contribution in [-0.4, -0.2) is 23.4 Å². The monoisotopic (exact) mass is 224 g/mol. The Balaban J connectivity index is 1.82. The van der Waals surface area contributed by atoms with Gasteiger partial charge in [-0.1, -0.05) is 5.16 Å². The van der Waals surface area contributed by atoms with Crippen LogP contribution in [0.5, 0.6) is 0 Å². The third kappa shape index (κ3) is 3.06. The predicted molar refractivity (Wildman–Crippen MR) is 61.1 cm³/mol. The minimum atomic E-state index is -0.00431. The maximum absolute atomic E-state index is 5.68. The molecule has 1 aromatic rings. The van der Waals surface area contributed by atoms with Crippen LogP contribution >= 0.6 is 0 Å². The number of hydrogen-bond acceptors (Lipinski definition) is 4. The SMILES string of the molecule is Cc1cc(CNC2CCOC(C)(C)C2)no1. The number of ether oxygens (including phenoxy) is 1. The first-order chi connectivity index (χ1) is 7.55. The normalized spacial score (nSPS) is 24.6. The zero-order valence-corrected chi connectivity index (χ0v) is 10.2. The van der Waals surface area contributed by atoms with Gasteiger partial charge in [0.2, 0.25) is 0 Å². The first-order valence-corrected chi connectivity index (χ1v) is 5.85. The van der Waals surface area contributed by atoms with E-state index in [1.165, 1.54) is 0 Å². The van der Waals surface area contributed by atoms with Crippen LogP contribution in [0.25, 0.3) is 0 Å². The van der Waals surface area contributed by atoms with Crippen molar-refractivity contribution in [3.05, 3.63) is 17.5 Å². The number of nitrogens with one attached hydrogen (secondary N) is 1. The van der Waals surface area contributed by atoms with Crippen LogP contribution in [0.4, 0.5) is 0 Å². The lowest BCUT2D eigenvalue weighted by Gasteiger charge is -2.35. The first-order valence-electron chi connectivity index (χ1n) is 5.85. The van der Waals surface area contributed by atoms with Gasteiger partial charge < -0.3 is 14.6 Å². The minimum absolute atomic E-state index is 0.00431. The summed E-state index contributed by atoms with van der Waals surface area (Å²) in [6.45, 7) is 7.80. The minimum Gasteiger partial charge on any atom is -0.375 e. The Hall–Kier alpha value is -0.870. The van der Waals surface area contributed by atoms with Crippen molar-refractivity contribution in [1.29, 1.82) is 0 Å². The van der Waals surface area contributed by atoms with Gasteiger partial charge in [0.15, 0.2) is 0 Å². The fourth-order valence-corrected chi connectivity index (χ4v) is 2.16. The lowest BCUT2D eigenvalue weighted by Crippen LogP contribution is -2.43. The standard InChI is InChI=1S/C12H20N2O2/c1-9-6-11(14-16-9)8-13-10-4-5-15-12(2,3)7-10/h6,10,13H,4-5,7-8H2,1-3H3. The van der Waals surface area contributed by atoms with Gasteiger partial charge in [0.1, 0.15) is 5.76 Å². The summed E-state index contributed by atoms with van der Waals surface area (Å²) < 4.78 is 10.7. The van der Waals surface area contributed by atoms with E-state index >= 15 is 0 Å². The molecule has 1 unspecified atom stereocenters. The molecule has 0 saturated carbocycles. The number of aromatic nitrogens is 1. The molecule has 1 N–H and O–H groups in total. The summed E-state index contributed by atoms with van der Waals surface area (Å²) in [5, 5.41) is 7.47. The summed E-state index contributed by atoms with van der Waals surface area (Å²) in [5.41, 5.74) is 0.970. The Morgan fingerprint density at radius 2 is 2.38 bits per heavy atom. The third-order valence-corrected chi connectivity index (χ3v) is 2.95. The fraction of sp³-hybridized carbons (Fsp3) is 0.750. The third-order valence-electron chi connectivity index (χ3n) is 2.95. The van der Waals surface area contributed by atoms with Crippen LogP contribution in [0.2, 0.25) is 0 Å². The van der Waals surface area contributed by atoms with E-state index in [4.69, 9.17) is 9.26 Å². The Labute approximate surface area is 96.3 Å². The van der Waals surface area contributed by atoms with Crippen molar-refractivity contribution >= 4 is 0 Å². The van der Waals surface area contributed by atoms with E-state index in [-0.39, 0.29) is 5.60 Å². The number of aryl methyl sites for hydroxylation is 1. The molecule has 2 heterocycles. The average molecular weight is 224 g/mol. The van der Waals surface area contributed by atoms with Crippen molar-refractivity contribution in [2.75, 3.05) is 6.61 Å². The molecule has 0 radical (unpaired) electrons. The Morgan fingerprint density at radius 1 is 1.56 bits per heavy atom. The number of hydrogen-bond donors (Lipinski definition) is 1. The highest BCUT2D eigenvalue weighted by molar-refractivity contribution is 5.03. The maximum Gasteiger partial charge on any atom is 0.133 e. The van der Waals surface area contributed by atoms with Gasteiger partial charge in [0.25, 0.3) is 0 Å². The molecular weight excluding hydrogens is 204 g/mol. The lowest BCUT2D eigenvalue weighted by atomic mass is 9.94. The summed E-state index contributed by atoms with van der Waals surface area (Å²) in [7, 11) is 0. The summed E-state index contributed by atoms with van der Waals surface area (Å²) >= 11 is 0. The maximum atomic E-state index is 5.68. The van der Waals surface area contributed by atoms with E-state index in [2.05, 4.69) is 24.3 Å². The fourth-order valence-electron chi connectivity index (χ4n) is 2.16. The van der Waals surface area contributed by atoms with Crippen LogP contribution in [0.3, 0.4) is 0 Å². The second-order valence-corrected chi connectivity index (χ2v) is 5.11. The van der Waals surface area contributed by atoms with Gasteiger partial charge in [0, 0.05) is 25.3 Å². The summed E-state index contributed by atoms with van der Waals surface area (Å²) in [6.07, 6.45) is 2.12. The molecule has 1 aromatic heterocycles. The Bertz CT molecular complexity index is 347. The zero-order chi connectivity index (χ0) is 11.6. The second kappa shape index (κ2) is 4.55. The first kappa shape index (κ1) is 11.6. The van der Waals surface area contributed by atoms with E-state index in [0.29, 0.717) is 6.04 Å². The highest BCUT2D eigenvalue weighted by Crippen LogP contribution is 2.24. The van der Waals surface area contributed by atoms with Gasteiger partial charge in [-0.15, -0.1) is 0 Å². The predicted octanol–water partition coefficient (Wildman–Crippen LogP) is 2.03. The molecule has 1 atom stereocenters. The van der Waals surface area contributed by atoms with Gasteiger partial charge in [0.05, 0.1) is 11.3 Å². The van der Waals surface area contributed by atoms with E-state index in [1.807, 2.05) is 13.0 Å². The molecule has 4 nitrogen and oxygen atoms in total. The molecular formula is C12H20N2O2. The quantitative estimate of drug-likeness (QED) is 0.853. The van der Waals surface area contributed by atoms with E-state index in [1.54, 1.807) is 0 Å². The molecule has 90 valence electrons. The summed E-state index contributed by atoms with van der Waals surface area (Å²) in [5.74, 6) is 0.865. The van der Waals surface area contributed by atoms with Crippen LogP contribution < -0.4 is 5.32 Å². The van der Waals surface area contributed by atoms with E-state index in [9.17, 15) is 0 Å².